The van der Waals surface area contributed by atoms with Crippen molar-refractivity contribution in [2.45, 2.75) is 25.2 Å². The molecule has 0 atom stereocenters. The summed E-state index contributed by atoms with van der Waals surface area (Å²) in [5.41, 5.74) is 2.34. The van der Waals surface area contributed by atoms with Gasteiger partial charge in [0.2, 0.25) is 0 Å². The van der Waals surface area contributed by atoms with Crippen molar-refractivity contribution in [2.24, 2.45) is 0 Å². The SMILES string of the molecule is Cc1cc(C)cc(N(CCC#N)C(=O)COC(=O)c2cc(S(C)(=O)=O)ccc2Cl)c1. The molecule has 0 saturated heterocycles. The van der Waals surface area contributed by atoms with Gasteiger partial charge in [-0.05, 0) is 55.3 Å². The molecule has 1 amide bonds. The van der Waals surface area contributed by atoms with E-state index >= 15 is 0 Å². The van der Waals surface area contributed by atoms with Gasteiger partial charge in [-0.15, -0.1) is 0 Å². The van der Waals surface area contributed by atoms with Gasteiger partial charge in [0.1, 0.15) is 0 Å². The predicted molar refractivity (Wildman–Crippen MR) is 113 cm³/mol. The summed E-state index contributed by atoms with van der Waals surface area (Å²) >= 11 is 5.99. The van der Waals surface area contributed by atoms with Gasteiger partial charge in [0.05, 0.1) is 28.0 Å². The van der Waals surface area contributed by atoms with Gasteiger partial charge in [0.25, 0.3) is 5.91 Å². The number of hydrogen-bond donors (Lipinski definition) is 0. The third-order valence-corrected chi connectivity index (χ3v) is 5.62. The van der Waals surface area contributed by atoms with E-state index in [2.05, 4.69) is 0 Å². The van der Waals surface area contributed by atoms with Crippen LogP contribution in [-0.4, -0.2) is 39.7 Å². The molecular weight excluding hydrogens is 428 g/mol. The number of aryl methyl sites for hydroxylation is 2. The quantitative estimate of drug-likeness (QED) is 0.600. The molecule has 2 aromatic rings. The number of anilines is 1. The van der Waals surface area contributed by atoms with Gasteiger partial charge < -0.3 is 9.64 Å². The number of rotatable bonds is 7. The fourth-order valence-electron chi connectivity index (χ4n) is 2.84. The molecule has 0 unspecified atom stereocenters. The lowest BCUT2D eigenvalue weighted by Crippen LogP contribution is -2.35. The third kappa shape index (κ3) is 6.05. The highest BCUT2D eigenvalue weighted by molar-refractivity contribution is 7.90. The highest BCUT2D eigenvalue weighted by Crippen LogP contribution is 2.22. The number of esters is 1. The van der Waals surface area contributed by atoms with E-state index in [0.29, 0.717) is 5.69 Å². The van der Waals surface area contributed by atoms with Crippen LogP contribution in [0.3, 0.4) is 0 Å². The molecule has 0 radical (unpaired) electrons. The van der Waals surface area contributed by atoms with Crippen molar-refractivity contribution in [2.75, 3.05) is 24.3 Å². The molecule has 0 saturated carbocycles. The predicted octanol–water partition coefficient (Wildman–Crippen LogP) is 3.46. The van der Waals surface area contributed by atoms with Crippen LogP contribution in [0.2, 0.25) is 5.02 Å². The Morgan fingerprint density at radius 2 is 1.77 bits per heavy atom. The van der Waals surface area contributed by atoms with Crippen LogP contribution in [0, 0.1) is 25.2 Å². The van der Waals surface area contributed by atoms with Crippen LogP contribution in [0.15, 0.2) is 41.3 Å². The van der Waals surface area contributed by atoms with Crippen LogP contribution >= 0.6 is 11.6 Å². The lowest BCUT2D eigenvalue weighted by Gasteiger charge is -2.22. The van der Waals surface area contributed by atoms with Crippen molar-refractivity contribution in [3.05, 3.63) is 58.1 Å². The van der Waals surface area contributed by atoms with Crippen molar-refractivity contribution in [3.63, 3.8) is 0 Å². The first kappa shape index (κ1) is 23.4. The third-order valence-electron chi connectivity index (χ3n) is 4.18. The molecule has 2 rings (SSSR count). The number of benzene rings is 2. The number of nitrogens with zero attached hydrogens (tertiary/aromatic N) is 2. The van der Waals surface area contributed by atoms with E-state index in [4.69, 9.17) is 21.6 Å². The van der Waals surface area contributed by atoms with Gasteiger partial charge in [-0.1, -0.05) is 17.7 Å². The summed E-state index contributed by atoms with van der Waals surface area (Å²) in [6, 6.07) is 11.2. The summed E-state index contributed by atoms with van der Waals surface area (Å²) in [4.78, 5) is 26.4. The molecule has 0 heterocycles. The Kier molecular flexibility index (Phi) is 7.59. The van der Waals surface area contributed by atoms with E-state index in [1.807, 2.05) is 26.0 Å². The summed E-state index contributed by atoms with van der Waals surface area (Å²) < 4.78 is 28.5. The summed E-state index contributed by atoms with van der Waals surface area (Å²) in [5.74, 6) is -1.43. The molecule has 2 aromatic carbocycles. The average Bonchev–Trinajstić information content (AvgIpc) is 2.65. The van der Waals surface area contributed by atoms with Crippen LogP contribution in [0.5, 0.6) is 0 Å². The second kappa shape index (κ2) is 9.74. The van der Waals surface area contributed by atoms with Crippen LogP contribution in [-0.2, 0) is 19.4 Å². The Morgan fingerprint density at radius 3 is 2.33 bits per heavy atom. The number of sulfone groups is 1. The van der Waals surface area contributed by atoms with Crippen LogP contribution < -0.4 is 4.90 Å². The number of carbonyl (C=O) groups excluding carboxylic acids is 2. The Hall–Kier alpha value is -2.89. The number of carbonyl (C=O) groups is 2. The largest absolute Gasteiger partial charge is 0.452 e. The zero-order valence-corrected chi connectivity index (χ0v) is 18.4. The molecule has 7 nitrogen and oxygen atoms in total. The number of hydrogen-bond acceptors (Lipinski definition) is 6. The van der Waals surface area contributed by atoms with Crippen molar-refractivity contribution in [1.82, 2.24) is 0 Å². The summed E-state index contributed by atoms with van der Waals surface area (Å²) in [6.45, 7) is 3.33. The molecule has 30 heavy (non-hydrogen) atoms. The van der Waals surface area contributed by atoms with E-state index in [-0.39, 0.29) is 28.4 Å². The first-order valence-corrected chi connectivity index (χ1v) is 11.2. The van der Waals surface area contributed by atoms with Gasteiger partial charge in [-0.25, -0.2) is 13.2 Å². The molecule has 0 spiro atoms. The molecule has 0 aliphatic carbocycles. The molecule has 0 fully saturated rings. The highest BCUT2D eigenvalue weighted by Gasteiger charge is 2.21. The Bertz CT molecular complexity index is 1100. The van der Waals surface area contributed by atoms with Crippen LogP contribution in [0.25, 0.3) is 0 Å². The van der Waals surface area contributed by atoms with E-state index in [9.17, 15) is 18.0 Å². The minimum Gasteiger partial charge on any atom is -0.452 e. The van der Waals surface area contributed by atoms with Crippen molar-refractivity contribution >= 4 is 39.0 Å². The number of ether oxygens (including phenoxy) is 1. The van der Waals surface area contributed by atoms with Crippen molar-refractivity contribution in [1.29, 1.82) is 5.26 Å². The molecular formula is C21H21ClN2O5S. The standard InChI is InChI=1S/C21H21ClN2O5S/c1-14-9-15(2)11-16(10-14)24(8-4-7-23)20(25)13-29-21(26)18-12-17(30(3,27)28)5-6-19(18)22/h5-6,9-12H,4,8,13H2,1-3H3. The topological polar surface area (TPSA) is 105 Å². The highest BCUT2D eigenvalue weighted by atomic mass is 35.5. The van der Waals surface area contributed by atoms with Gasteiger partial charge >= 0.3 is 5.97 Å². The fraction of sp³-hybridized carbons (Fsp3) is 0.286. The zero-order chi connectivity index (χ0) is 22.5. The van der Waals surface area contributed by atoms with Crippen LogP contribution in [0.1, 0.15) is 27.9 Å². The minimum atomic E-state index is -3.55. The number of halogens is 1. The summed E-state index contributed by atoms with van der Waals surface area (Å²) in [6.07, 6.45) is 1.11. The summed E-state index contributed by atoms with van der Waals surface area (Å²) in [7, 11) is -3.55. The lowest BCUT2D eigenvalue weighted by atomic mass is 10.1. The molecule has 0 aromatic heterocycles. The van der Waals surface area contributed by atoms with Crippen LogP contribution in [0.4, 0.5) is 5.69 Å². The van der Waals surface area contributed by atoms with Crippen molar-refractivity contribution < 1.29 is 22.7 Å². The Balaban J connectivity index is 2.21. The molecule has 158 valence electrons. The van der Waals surface area contributed by atoms with E-state index in [1.54, 1.807) is 12.1 Å². The molecule has 0 N–H and O–H groups in total. The van der Waals surface area contributed by atoms with Gasteiger partial charge in [-0.2, -0.15) is 5.26 Å². The lowest BCUT2D eigenvalue weighted by molar-refractivity contribution is -0.121. The van der Waals surface area contributed by atoms with E-state index in [0.717, 1.165) is 23.4 Å². The Morgan fingerprint density at radius 1 is 1.13 bits per heavy atom. The Labute approximate surface area is 180 Å². The number of amides is 1. The van der Waals surface area contributed by atoms with Gasteiger partial charge in [0.15, 0.2) is 16.4 Å². The van der Waals surface area contributed by atoms with Crippen molar-refractivity contribution in [3.8, 4) is 6.07 Å². The second-order valence-corrected chi connectivity index (χ2v) is 9.21. The molecule has 0 bridgehead atoms. The monoisotopic (exact) mass is 448 g/mol. The zero-order valence-electron chi connectivity index (χ0n) is 16.8. The van der Waals surface area contributed by atoms with Gasteiger partial charge in [0, 0.05) is 18.5 Å². The van der Waals surface area contributed by atoms with E-state index in [1.165, 1.54) is 17.0 Å². The minimum absolute atomic E-state index is 0.00972. The fourth-order valence-corrected chi connectivity index (χ4v) is 3.68. The molecule has 9 heteroatoms. The maximum Gasteiger partial charge on any atom is 0.340 e. The smallest absolute Gasteiger partial charge is 0.340 e. The van der Waals surface area contributed by atoms with Gasteiger partial charge in [-0.3, -0.25) is 4.79 Å². The maximum atomic E-state index is 12.7. The van der Waals surface area contributed by atoms with E-state index < -0.39 is 28.3 Å². The maximum absolute atomic E-state index is 12.7. The average molecular weight is 449 g/mol. The molecule has 0 aliphatic rings. The first-order valence-electron chi connectivity index (χ1n) is 8.95. The normalized spacial score (nSPS) is 10.9. The number of nitriles is 1. The summed E-state index contributed by atoms with van der Waals surface area (Å²) in [5, 5.41) is 8.91. The first-order chi connectivity index (χ1) is 14.0. The molecule has 0 aliphatic heterocycles. The second-order valence-electron chi connectivity index (χ2n) is 6.79.